The van der Waals surface area contributed by atoms with Crippen LogP contribution in [-0.2, 0) is 10.5 Å². The molecule has 0 amide bonds. The molecular weight excluding hydrogens is 344 g/mol. The number of aromatic amines is 1. The van der Waals surface area contributed by atoms with Gasteiger partial charge in [0.15, 0.2) is 0 Å². The zero-order chi connectivity index (χ0) is 17.8. The fraction of sp³-hybridized carbons (Fsp3) is 0.188. The summed E-state index contributed by atoms with van der Waals surface area (Å²) in [6.45, 7) is 1.61. The molecule has 0 fully saturated rings. The van der Waals surface area contributed by atoms with E-state index in [1.807, 2.05) is 30.3 Å². The maximum Gasteiger partial charge on any atom is 0.346 e. The Hall–Kier alpha value is -2.94. The van der Waals surface area contributed by atoms with Gasteiger partial charge in [-0.05, 0) is 19.1 Å². The molecule has 1 N–H and O–H groups in total. The predicted octanol–water partition coefficient (Wildman–Crippen LogP) is 2.21. The van der Waals surface area contributed by atoms with Gasteiger partial charge in [0.2, 0.25) is 11.8 Å². The molecule has 3 rings (SSSR count). The van der Waals surface area contributed by atoms with E-state index in [9.17, 15) is 9.59 Å². The third-order valence-electron chi connectivity index (χ3n) is 3.30. The van der Waals surface area contributed by atoms with Gasteiger partial charge in [0.1, 0.15) is 10.6 Å². The van der Waals surface area contributed by atoms with E-state index in [0.29, 0.717) is 17.5 Å². The second-order valence-corrected chi connectivity index (χ2v) is 5.96. The van der Waals surface area contributed by atoms with Gasteiger partial charge in [-0.2, -0.15) is 4.98 Å². The molecule has 0 saturated heterocycles. The topological polar surface area (TPSA) is 111 Å². The molecular formula is C16H14N4O4S. The Kier molecular flexibility index (Phi) is 4.94. The van der Waals surface area contributed by atoms with Crippen LogP contribution in [0.4, 0.5) is 0 Å². The van der Waals surface area contributed by atoms with Gasteiger partial charge >= 0.3 is 11.7 Å². The molecule has 1 aromatic carbocycles. The number of aryl methyl sites for hydroxylation is 1. The SMILES string of the molecule is COC(=O)c1c(SCc2nnc(-c3ccccc3)o2)nc(=O)[nH]c1C. The zero-order valence-corrected chi connectivity index (χ0v) is 14.3. The summed E-state index contributed by atoms with van der Waals surface area (Å²) in [5, 5.41) is 8.23. The summed E-state index contributed by atoms with van der Waals surface area (Å²) in [7, 11) is 1.27. The fourth-order valence-corrected chi connectivity index (χ4v) is 3.05. The monoisotopic (exact) mass is 358 g/mol. The number of benzene rings is 1. The Balaban J connectivity index is 1.82. The average Bonchev–Trinajstić information content (AvgIpc) is 3.08. The van der Waals surface area contributed by atoms with Crippen LogP contribution in [-0.4, -0.2) is 33.2 Å². The first-order chi connectivity index (χ1) is 12.1. The Morgan fingerprint density at radius 2 is 2.04 bits per heavy atom. The molecule has 128 valence electrons. The van der Waals surface area contributed by atoms with Crippen molar-refractivity contribution in [3.63, 3.8) is 0 Å². The van der Waals surface area contributed by atoms with Crippen LogP contribution in [0.15, 0.2) is 44.6 Å². The van der Waals surface area contributed by atoms with Crippen LogP contribution < -0.4 is 5.69 Å². The minimum Gasteiger partial charge on any atom is -0.465 e. The standard InChI is InChI=1S/C16H14N4O4S/c1-9-12(15(21)23-2)14(18-16(22)17-9)25-8-11-19-20-13(24-11)10-6-4-3-5-7-10/h3-7H,8H2,1-2H3,(H,17,18,22). The van der Waals surface area contributed by atoms with E-state index < -0.39 is 11.7 Å². The third-order valence-corrected chi connectivity index (χ3v) is 4.26. The molecule has 8 nitrogen and oxygen atoms in total. The minimum atomic E-state index is -0.570. The molecule has 3 aromatic rings. The number of hydrogen-bond acceptors (Lipinski definition) is 8. The molecule has 0 unspecified atom stereocenters. The number of carbonyl (C=O) groups excluding carboxylic acids is 1. The van der Waals surface area contributed by atoms with Crippen molar-refractivity contribution >= 4 is 17.7 Å². The second kappa shape index (κ2) is 7.31. The molecule has 0 atom stereocenters. The molecule has 9 heteroatoms. The molecule has 0 aliphatic heterocycles. The van der Waals surface area contributed by atoms with Gasteiger partial charge in [-0.1, -0.05) is 30.0 Å². The first-order valence-electron chi connectivity index (χ1n) is 7.28. The van der Waals surface area contributed by atoms with Crippen LogP contribution in [0.5, 0.6) is 0 Å². The molecule has 0 aliphatic carbocycles. The van der Waals surface area contributed by atoms with Crippen molar-refractivity contribution in [2.24, 2.45) is 0 Å². The summed E-state index contributed by atoms with van der Waals surface area (Å²) in [4.78, 5) is 29.8. The number of aromatic nitrogens is 4. The highest BCUT2D eigenvalue weighted by Gasteiger charge is 2.19. The van der Waals surface area contributed by atoms with Crippen LogP contribution in [0.25, 0.3) is 11.5 Å². The van der Waals surface area contributed by atoms with E-state index in [-0.39, 0.29) is 16.3 Å². The Morgan fingerprint density at radius 3 is 2.76 bits per heavy atom. The van der Waals surface area contributed by atoms with Crippen molar-refractivity contribution in [2.75, 3.05) is 7.11 Å². The van der Waals surface area contributed by atoms with E-state index in [2.05, 4.69) is 20.2 Å². The minimum absolute atomic E-state index is 0.217. The van der Waals surface area contributed by atoms with Gasteiger partial charge in [-0.15, -0.1) is 10.2 Å². The van der Waals surface area contributed by atoms with Crippen molar-refractivity contribution in [2.45, 2.75) is 17.7 Å². The summed E-state index contributed by atoms with van der Waals surface area (Å²) >= 11 is 1.15. The number of thioether (sulfide) groups is 1. The van der Waals surface area contributed by atoms with Gasteiger partial charge < -0.3 is 14.1 Å². The Bertz CT molecular complexity index is 952. The summed E-state index contributed by atoms with van der Waals surface area (Å²) in [5.41, 5.74) is 0.884. The average molecular weight is 358 g/mol. The fourth-order valence-electron chi connectivity index (χ4n) is 2.15. The van der Waals surface area contributed by atoms with Gasteiger partial charge in [-0.25, -0.2) is 9.59 Å². The van der Waals surface area contributed by atoms with E-state index in [1.165, 1.54) is 7.11 Å². The summed E-state index contributed by atoms with van der Waals surface area (Å²) in [5.74, 6) is 0.456. The van der Waals surface area contributed by atoms with Gasteiger partial charge in [-0.3, -0.25) is 0 Å². The summed E-state index contributed by atoms with van der Waals surface area (Å²) in [6.07, 6.45) is 0. The highest BCUT2D eigenvalue weighted by atomic mass is 32.2. The van der Waals surface area contributed by atoms with Crippen LogP contribution in [0.2, 0.25) is 0 Å². The van der Waals surface area contributed by atoms with E-state index >= 15 is 0 Å². The van der Waals surface area contributed by atoms with E-state index in [1.54, 1.807) is 6.92 Å². The maximum absolute atomic E-state index is 11.9. The van der Waals surface area contributed by atoms with Gasteiger partial charge in [0.25, 0.3) is 0 Å². The smallest absolute Gasteiger partial charge is 0.346 e. The largest absolute Gasteiger partial charge is 0.465 e. The van der Waals surface area contributed by atoms with Crippen LogP contribution in [0.3, 0.4) is 0 Å². The van der Waals surface area contributed by atoms with E-state index in [4.69, 9.17) is 9.15 Å². The number of esters is 1. The lowest BCUT2D eigenvalue weighted by molar-refractivity contribution is 0.0594. The van der Waals surface area contributed by atoms with Gasteiger partial charge in [0.05, 0.1) is 12.9 Å². The quantitative estimate of drug-likeness (QED) is 0.420. The lowest BCUT2D eigenvalue weighted by Gasteiger charge is -2.07. The molecule has 0 radical (unpaired) electrons. The molecule has 25 heavy (non-hydrogen) atoms. The van der Waals surface area contributed by atoms with E-state index in [0.717, 1.165) is 17.3 Å². The third kappa shape index (κ3) is 3.77. The van der Waals surface area contributed by atoms with Crippen molar-refractivity contribution in [3.05, 3.63) is 58.0 Å². The molecule has 2 aromatic heterocycles. The zero-order valence-electron chi connectivity index (χ0n) is 13.5. The van der Waals surface area contributed by atoms with Crippen LogP contribution in [0.1, 0.15) is 21.9 Å². The highest BCUT2D eigenvalue weighted by Crippen LogP contribution is 2.26. The first-order valence-corrected chi connectivity index (χ1v) is 8.27. The van der Waals surface area contributed by atoms with Crippen molar-refractivity contribution in [1.82, 2.24) is 20.2 Å². The van der Waals surface area contributed by atoms with Crippen molar-refractivity contribution in [1.29, 1.82) is 0 Å². The number of carbonyl (C=O) groups is 1. The predicted molar refractivity (Wildman–Crippen MR) is 90.2 cm³/mol. The highest BCUT2D eigenvalue weighted by molar-refractivity contribution is 7.98. The molecule has 2 heterocycles. The normalized spacial score (nSPS) is 10.6. The van der Waals surface area contributed by atoms with Crippen LogP contribution in [0, 0.1) is 6.92 Å². The van der Waals surface area contributed by atoms with Crippen molar-refractivity contribution in [3.8, 4) is 11.5 Å². The number of rotatable bonds is 5. The number of nitrogens with one attached hydrogen (secondary N) is 1. The second-order valence-electron chi connectivity index (χ2n) is 4.99. The Labute approximate surface area is 146 Å². The molecule has 0 saturated carbocycles. The maximum atomic E-state index is 11.9. The number of hydrogen-bond donors (Lipinski definition) is 1. The van der Waals surface area contributed by atoms with Crippen LogP contribution >= 0.6 is 11.8 Å². The first kappa shape index (κ1) is 16.9. The lowest BCUT2D eigenvalue weighted by atomic mass is 10.2. The molecule has 0 aliphatic rings. The molecule has 0 spiro atoms. The molecule has 0 bridgehead atoms. The number of methoxy groups -OCH3 is 1. The Morgan fingerprint density at radius 1 is 1.28 bits per heavy atom. The number of H-pyrrole nitrogens is 1. The van der Waals surface area contributed by atoms with Crippen molar-refractivity contribution < 1.29 is 13.9 Å². The number of ether oxygens (including phenoxy) is 1. The summed E-state index contributed by atoms with van der Waals surface area (Å²) in [6, 6.07) is 9.37. The number of nitrogens with zero attached hydrogens (tertiary/aromatic N) is 3. The lowest BCUT2D eigenvalue weighted by Crippen LogP contribution is -2.19. The summed E-state index contributed by atoms with van der Waals surface area (Å²) < 4.78 is 10.4. The van der Waals surface area contributed by atoms with Gasteiger partial charge in [0, 0.05) is 11.3 Å².